The quantitative estimate of drug-likeness (QED) is 0.0509. The first-order valence-electron chi connectivity index (χ1n) is 19.7. The number of aliphatic imine (C=N–C) groups is 1. The number of rotatable bonds is 10. The molecule has 0 fully saturated rings. The molecule has 1 aliphatic rings. The lowest BCUT2D eigenvalue weighted by molar-refractivity contribution is -0.384. The lowest BCUT2D eigenvalue weighted by Crippen LogP contribution is -2.50. The lowest BCUT2D eigenvalue weighted by atomic mass is 10.0. The Kier molecular flexibility index (Phi) is 15.6. The topological polar surface area (TPSA) is 213 Å². The van der Waals surface area contributed by atoms with Crippen molar-refractivity contribution in [2.45, 2.75) is 118 Å². The summed E-state index contributed by atoms with van der Waals surface area (Å²) in [5, 5.41) is 14.2. The van der Waals surface area contributed by atoms with E-state index in [1.807, 2.05) is 6.07 Å². The fourth-order valence-electron chi connectivity index (χ4n) is 5.97. The van der Waals surface area contributed by atoms with Gasteiger partial charge >= 0.3 is 24.2 Å². The number of benzene rings is 2. The first-order chi connectivity index (χ1) is 28.7. The second kappa shape index (κ2) is 19.9. The lowest BCUT2D eigenvalue weighted by Gasteiger charge is -2.31. The molecule has 1 N–H and O–H groups in total. The molecule has 3 aromatic rings. The van der Waals surface area contributed by atoms with Gasteiger partial charge in [0.25, 0.3) is 11.6 Å². The minimum Gasteiger partial charge on any atom is -0.466 e. The van der Waals surface area contributed by atoms with Crippen LogP contribution in [0.25, 0.3) is 0 Å². The highest BCUT2D eigenvalue weighted by molar-refractivity contribution is 7.12. The average molecular weight is 898 g/mol. The van der Waals surface area contributed by atoms with Crippen molar-refractivity contribution in [3.63, 3.8) is 0 Å². The molecule has 1 aliphatic heterocycles. The molecule has 334 valence electrons. The number of non-ortho nitro benzene ring substituents is 1. The monoisotopic (exact) mass is 897 g/mol. The number of hydrogen-bond donors (Lipinski definition) is 1. The van der Waals surface area contributed by atoms with Crippen LogP contribution in [0.5, 0.6) is 0 Å². The molecule has 17 nitrogen and oxygen atoms in total. The van der Waals surface area contributed by atoms with Crippen LogP contribution in [0.4, 0.5) is 20.1 Å². The fourth-order valence-corrected chi connectivity index (χ4v) is 7.38. The fraction of sp³-hybridized carbons (Fsp3) is 0.465. The maximum atomic E-state index is 14.3. The maximum Gasteiger partial charge on any atom is 0.436 e. The number of hydrogen-bond acceptors (Lipinski definition) is 13. The standard InChI is InChI=1S/C43H52ClN5O12S/c1-11-58-34(50)23-30-20-28-24-47(19-18-33(28)62-30)37(52)32(21-27-16-17-29(49(56)57)22-31(27)44)45-36(51)26-14-12-25(13-15-26)35(46-38(53)59-41(2,3)4)48(39(54)60-42(5,6)7)40(55)61-43(8,9)10/h12-17,20,22,32H,11,18-19,21,23-24H2,1-10H3,(H,45,51). The summed E-state index contributed by atoms with van der Waals surface area (Å²) >= 11 is 7.94. The van der Waals surface area contributed by atoms with E-state index in [2.05, 4.69) is 10.3 Å². The summed E-state index contributed by atoms with van der Waals surface area (Å²) in [4.78, 5) is 99.5. The second-order valence-corrected chi connectivity index (χ2v) is 18.8. The summed E-state index contributed by atoms with van der Waals surface area (Å²) in [5.74, 6) is -2.03. The molecule has 4 rings (SSSR count). The van der Waals surface area contributed by atoms with Crippen molar-refractivity contribution in [3.05, 3.63) is 95.7 Å². The number of fused-ring (bicyclic) bond motifs is 1. The van der Waals surface area contributed by atoms with E-state index < -0.39 is 63.7 Å². The van der Waals surface area contributed by atoms with Crippen molar-refractivity contribution in [3.8, 4) is 0 Å². The summed E-state index contributed by atoms with van der Waals surface area (Å²) < 4.78 is 21.5. The highest BCUT2D eigenvalue weighted by Gasteiger charge is 2.37. The molecule has 19 heteroatoms. The molecule has 1 unspecified atom stereocenters. The molecule has 0 spiro atoms. The number of nitrogens with zero attached hydrogens (tertiary/aromatic N) is 4. The van der Waals surface area contributed by atoms with Gasteiger partial charge in [0, 0.05) is 52.5 Å². The van der Waals surface area contributed by atoms with Gasteiger partial charge in [-0.2, -0.15) is 9.89 Å². The van der Waals surface area contributed by atoms with Crippen LogP contribution in [0.2, 0.25) is 5.02 Å². The SMILES string of the molecule is CCOC(=O)Cc1cc2c(s1)CCN(C(=O)C(Cc1ccc([N+](=O)[O-])cc1Cl)NC(=O)c1ccc(C(=NC(=O)OC(C)(C)C)N(C(=O)OC(C)(C)C)C(=O)OC(C)(C)C)cc1)C2. The van der Waals surface area contributed by atoms with Gasteiger partial charge in [-0.1, -0.05) is 29.8 Å². The first-order valence-corrected chi connectivity index (χ1v) is 20.9. The van der Waals surface area contributed by atoms with Gasteiger partial charge in [-0.25, -0.2) is 14.4 Å². The number of amidine groups is 1. The summed E-state index contributed by atoms with van der Waals surface area (Å²) in [6, 6.07) is 9.83. The Morgan fingerprint density at radius 2 is 1.47 bits per heavy atom. The van der Waals surface area contributed by atoms with Gasteiger partial charge in [0.05, 0.1) is 23.0 Å². The molecular formula is C43H52ClN5O12S. The van der Waals surface area contributed by atoms with Crippen LogP contribution in [0.15, 0.2) is 53.5 Å². The number of imide groups is 1. The predicted octanol–water partition coefficient (Wildman–Crippen LogP) is 8.20. The third kappa shape index (κ3) is 14.1. The number of thiophene rings is 1. The van der Waals surface area contributed by atoms with Crippen LogP contribution in [0.3, 0.4) is 0 Å². The largest absolute Gasteiger partial charge is 0.466 e. The smallest absolute Gasteiger partial charge is 0.436 e. The number of carbonyl (C=O) groups excluding carboxylic acids is 6. The van der Waals surface area contributed by atoms with E-state index in [9.17, 15) is 38.9 Å². The molecule has 0 saturated heterocycles. The number of amides is 5. The van der Waals surface area contributed by atoms with Crippen molar-refractivity contribution < 1.29 is 52.6 Å². The van der Waals surface area contributed by atoms with E-state index in [1.165, 1.54) is 47.7 Å². The van der Waals surface area contributed by atoms with E-state index in [0.29, 0.717) is 23.4 Å². The Hall–Kier alpha value is -5.88. The van der Waals surface area contributed by atoms with Gasteiger partial charge in [-0.3, -0.25) is 24.5 Å². The van der Waals surface area contributed by atoms with Crippen LogP contribution in [0.1, 0.15) is 106 Å². The summed E-state index contributed by atoms with van der Waals surface area (Å²) in [5.41, 5.74) is -2.17. The van der Waals surface area contributed by atoms with Gasteiger partial charge in [0.1, 0.15) is 22.8 Å². The molecule has 62 heavy (non-hydrogen) atoms. The Labute approximate surface area is 368 Å². The highest BCUT2D eigenvalue weighted by Crippen LogP contribution is 2.30. The molecule has 0 radical (unpaired) electrons. The van der Waals surface area contributed by atoms with Crippen molar-refractivity contribution in [1.82, 2.24) is 15.1 Å². The van der Waals surface area contributed by atoms with Gasteiger partial charge in [-0.05, 0) is 105 Å². The van der Waals surface area contributed by atoms with Crippen LogP contribution in [0, 0.1) is 10.1 Å². The first kappa shape index (κ1) is 48.8. The van der Waals surface area contributed by atoms with Crippen molar-refractivity contribution in [1.29, 1.82) is 0 Å². The zero-order valence-corrected chi connectivity index (χ0v) is 38.0. The number of nitro groups is 1. The number of nitro benzene ring substituents is 1. The molecule has 2 heterocycles. The molecule has 1 atom stereocenters. The minimum atomic E-state index is -1.21. The van der Waals surface area contributed by atoms with Crippen LogP contribution >= 0.6 is 22.9 Å². The molecular weight excluding hydrogens is 846 g/mol. The summed E-state index contributed by atoms with van der Waals surface area (Å²) in [7, 11) is 0. The van der Waals surface area contributed by atoms with E-state index in [4.69, 9.17) is 30.5 Å². The van der Waals surface area contributed by atoms with Gasteiger partial charge < -0.3 is 29.2 Å². The van der Waals surface area contributed by atoms with Gasteiger partial charge in [0.15, 0.2) is 5.84 Å². The number of halogens is 1. The van der Waals surface area contributed by atoms with Gasteiger partial charge in [-0.15, -0.1) is 11.3 Å². The molecule has 0 saturated carbocycles. The third-order valence-corrected chi connectivity index (χ3v) is 10.1. The van der Waals surface area contributed by atoms with Crippen molar-refractivity contribution in [2.24, 2.45) is 4.99 Å². The number of esters is 1. The highest BCUT2D eigenvalue weighted by atomic mass is 35.5. The molecule has 0 aliphatic carbocycles. The minimum absolute atomic E-state index is 0.0108. The van der Waals surface area contributed by atoms with Crippen LogP contribution in [-0.2, 0) is 54.3 Å². The molecule has 0 bridgehead atoms. The maximum absolute atomic E-state index is 14.3. The second-order valence-electron chi connectivity index (χ2n) is 17.2. The Morgan fingerprint density at radius 3 is 2.00 bits per heavy atom. The molecule has 2 aromatic carbocycles. The number of nitrogens with one attached hydrogen (secondary N) is 1. The Morgan fingerprint density at radius 1 is 0.887 bits per heavy atom. The molecule has 1 aromatic heterocycles. The van der Waals surface area contributed by atoms with Crippen molar-refractivity contribution in [2.75, 3.05) is 13.2 Å². The van der Waals surface area contributed by atoms with Crippen molar-refractivity contribution >= 4 is 70.5 Å². The zero-order chi connectivity index (χ0) is 46.3. The van der Waals surface area contributed by atoms with Crippen LogP contribution < -0.4 is 5.32 Å². The van der Waals surface area contributed by atoms with E-state index >= 15 is 0 Å². The Bertz CT molecular complexity index is 2210. The van der Waals surface area contributed by atoms with E-state index in [1.54, 1.807) is 74.1 Å². The van der Waals surface area contributed by atoms with Crippen LogP contribution in [-0.4, -0.2) is 92.6 Å². The molecule has 5 amide bonds. The third-order valence-electron chi connectivity index (χ3n) is 8.49. The predicted molar refractivity (Wildman–Crippen MR) is 230 cm³/mol. The number of ether oxygens (including phenoxy) is 4. The number of carbonyl (C=O) groups is 6. The normalized spacial score (nSPS) is 13.6. The average Bonchev–Trinajstić information content (AvgIpc) is 3.54. The Balaban J connectivity index is 1.70. The summed E-state index contributed by atoms with van der Waals surface area (Å²) in [6.45, 7) is 16.8. The zero-order valence-electron chi connectivity index (χ0n) is 36.4. The van der Waals surface area contributed by atoms with Gasteiger partial charge in [0.2, 0.25) is 5.91 Å². The van der Waals surface area contributed by atoms with E-state index in [0.717, 1.165) is 21.4 Å². The van der Waals surface area contributed by atoms with E-state index in [-0.39, 0.29) is 53.8 Å². The summed E-state index contributed by atoms with van der Waals surface area (Å²) in [6.07, 6.45) is -3.07.